The van der Waals surface area contributed by atoms with Crippen LogP contribution in [0, 0.1) is 11.8 Å². The Kier molecular flexibility index (Phi) is 8.32. The molecule has 24 heavy (non-hydrogen) atoms. The minimum atomic E-state index is -4.93. The molecule has 0 radical (unpaired) electrons. The Morgan fingerprint density at radius 3 is 2.38 bits per heavy atom. The predicted octanol–water partition coefficient (Wildman–Crippen LogP) is 1.98. The Labute approximate surface area is 142 Å². The molecular weight excluding hydrogens is 352 g/mol. The first-order valence-corrected chi connectivity index (χ1v) is 11.1. The maximum atomic E-state index is 11.3. The van der Waals surface area contributed by atoms with E-state index in [9.17, 15) is 9.13 Å². The third kappa shape index (κ3) is 7.72. The number of aromatic nitrogens is 1. The van der Waals surface area contributed by atoms with Crippen LogP contribution in [0.5, 0.6) is 0 Å². The maximum Gasteiger partial charge on any atom is 0.347 e. The van der Waals surface area contributed by atoms with E-state index in [1.165, 1.54) is 23.4 Å². The van der Waals surface area contributed by atoms with Gasteiger partial charge in [-0.15, -0.1) is 0 Å². The quantitative estimate of drug-likeness (QED) is 0.238. The SMILES string of the molecule is CCCCCCC#Cc1ccc[n+](CC(P(=O)(O)O)P(=O)(O)O)c1. The number of hydrogen-bond acceptors (Lipinski definition) is 2. The van der Waals surface area contributed by atoms with Crippen LogP contribution in [0.25, 0.3) is 0 Å². The molecule has 0 fully saturated rings. The van der Waals surface area contributed by atoms with E-state index in [1.54, 1.807) is 12.1 Å². The van der Waals surface area contributed by atoms with Gasteiger partial charge in [-0.1, -0.05) is 38.0 Å². The highest BCUT2D eigenvalue weighted by atomic mass is 31.2. The van der Waals surface area contributed by atoms with Crippen LogP contribution in [-0.2, 0) is 15.7 Å². The van der Waals surface area contributed by atoms with E-state index in [2.05, 4.69) is 18.8 Å². The van der Waals surface area contributed by atoms with Gasteiger partial charge in [0.25, 0.3) is 0 Å². The summed E-state index contributed by atoms with van der Waals surface area (Å²) >= 11 is 0. The van der Waals surface area contributed by atoms with Crippen molar-refractivity contribution in [2.24, 2.45) is 0 Å². The van der Waals surface area contributed by atoms with Crippen molar-refractivity contribution in [3.05, 3.63) is 30.1 Å². The van der Waals surface area contributed by atoms with Gasteiger partial charge in [0.05, 0.1) is 5.56 Å². The summed E-state index contributed by atoms with van der Waals surface area (Å²) in [5.41, 5.74) is 0.628. The summed E-state index contributed by atoms with van der Waals surface area (Å²) in [5.74, 6) is 5.98. The average Bonchev–Trinajstić information content (AvgIpc) is 2.46. The fourth-order valence-electron chi connectivity index (χ4n) is 2.11. The largest absolute Gasteiger partial charge is 0.347 e. The fraction of sp³-hybridized carbons (Fsp3) is 0.533. The third-order valence-electron chi connectivity index (χ3n) is 3.40. The van der Waals surface area contributed by atoms with E-state index in [0.717, 1.165) is 25.7 Å². The molecule has 0 bridgehead atoms. The maximum absolute atomic E-state index is 11.3. The van der Waals surface area contributed by atoms with Crippen molar-refractivity contribution in [1.82, 2.24) is 0 Å². The summed E-state index contributed by atoms with van der Waals surface area (Å²) in [6.07, 6.45) is 8.27. The van der Waals surface area contributed by atoms with Crippen LogP contribution in [0.1, 0.15) is 44.6 Å². The van der Waals surface area contributed by atoms with Gasteiger partial charge in [0.1, 0.15) is 0 Å². The van der Waals surface area contributed by atoms with Crippen LogP contribution >= 0.6 is 15.2 Å². The zero-order valence-electron chi connectivity index (χ0n) is 13.6. The lowest BCUT2D eigenvalue weighted by atomic mass is 10.1. The molecule has 0 spiro atoms. The Morgan fingerprint density at radius 2 is 1.79 bits per heavy atom. The zero-order valence-corrected chi connectivity index (χ0v) is 15.4. The summed E-state index contributed by atoms with van der Waals surface area (Å²) in [7, 11) is -9.87. The van der Waals surface area contributed by atoms with Crippen LogP contribution in [0.2, 0.25) is 0 Å². The number of pyridine rings is 1. The van der Waals surface area contributed by atoms with Gasteiger partial charge in [0, 0.05) is 12.5 Å². The zero-order chi connectivity index (χ0) is 18.2. The summed E-state index contributed by atoms with van der Waals surface area (Å²) < 4.78 is 24.0. The van der Waals surface area contributed by atoms with E-state index >= 15 is 0 Å². The molecule has 1 aromatic heterocycles. The molecule has 0 unspecified atom stereocenters. The van der Waals surface area contributed by atoms with Crippen molar-refractivity contribution in [1.29, 1.82) is 0 Å². The Hall–Kier alpha value is -0.990. The molecule has 134 valence electrons. The van der Waals surface area contributed by atoms with Crippen molar-refractivity contribution in [3.8, 4) is 11.8 Å². The molecule has 0 aliphatic carbocycles. The molecule has 0 aliphatic rings. The smallest absolute Gasteiger partial charge is 0.324 e. The lowest BCUT2D eigenvalue weighted by molar-refractivity contribution is -0.694. The first-order valence-electron chi connectivity index (χ1n) is 7.73. The third-order valence-corrected chi connectivity index (χ3v) is 7.08. The fourth-order valence-corrected chi connectivity index (χ4v) is 4.48. The van der Waals surface area contributed by atoms with Gasteiger partial charge < -0.3 is 19.6 Å². The molecule has 0 atom stereocenters. The molecule has 1 rings (SSSR count). The molecule has 0 saturated carbocycles. The molecule has 0 aromatic carbocycles. The Morgan fingerprint density at radius 1 is 1.12 bits per heavy atom. The van der Waals surface area contributed by atoms with Crippen molar-refractivity contribution in [2.45, 2.75) is 51.0 Å². The minimum absolute atomic E-state index is 0.486. The first kappa shape index (κ1) is 21.1. The van der Waals surface area contributed by atoms with Gasteiger partial charge >= 0.3 is 15.2 Å². The summed E-state index contributed by atoms with van der Waals surface area (Å²) in [4.78, 5) is 36.7. The monoisotopic (exact) mass is 376 g/mol. The van der Waals surface area contributed by atoms with Gasteiger partial charge in [0.15, 0.2) is 18.9 Å². The Balaban J connectivity index is 2.80. The van der Waals surface area contributed by atoms with Crippen LogP contribution in [0.3, 0.4) is 0 Å². The second kappa shape index (κ2) is 9.48. The van der Waals surface area contributed by atoms with Crippen LogP contribution in [0.15, 0.2) is 24.5 Å². The minimum Gasteiger partial charge on any atom is -0.324 e. The first-order chi connectivity index (χ1) is 11.1. The standard InChI is InChI=1S/C15H23NO6P2/c1-2-3-4-5-6-7-9-14-10-8-11-16(12-14)13-15(23(17,18)19)24(20,21)22/h8,10-12,15H,2-6,13H2,1H3,(H3-,17,18,19,20,21,22)/p+1. The second-order valence-electron chi connectivity index (χ2n) is 5.56. The van der Waals surface area contributed by atoms with Crippen molar-refractivity contribution in [3.63, 3.8) is 0 Å². The van der Waals surface area contributed by atoms with Crippen molar-refractivity contribution >= 4 is 15.2 Å². The highest BCUT2D eigenvalue weighted by Gasteiger charge is 2.46. The molecule has 7 nitrogen and oxygen atoms in total. The molecular formula is C15H24NO6P2+. The predicted molar refractivity (Wildman–Crippen MR) is 90.2 cm³/mol. The van der Waals surface area contributed by atoms with E-state index in [0.29, 0.717) is 5.56 Å². The number of nitrogens with zero attached hydrogens (tertiary/aromatic N) is 1. The summed E-state index contributed by atoms with van der Waals surface area (Å²) in [5, 5.41) is -2.06. The van der Waals surface area contributed by atoms with E-state index in [4.69, 9.17) is 19.6 Å². The number of unbranched alkanes of at least 4 members (excludes halogenated alkanes) is 4. The van der Waals surface area contributed by atoms with Crippen molar-refractivity contribution < 1.29 is 33.3 Å². The van der Waals surface area contributed by atoms with E-state index in [1.807, 2.05) is 0 Å². The molecule has 4 N–H and O–H groups in total. The average molecular weight is 376 g/mol. The normalized spacial score (nSPS) is 12.1. The summed E-state index contributed by atoms with van der Waals surface area (Å²) in [6.45, 7) is 1.65. The molecule has 0 aliphatic heterocycles. The van der Waals surface area contributed by atoms with Crippen LogP contribution in [-0.4, -0.2) is 25.0 Å². The molecule has 0 amide bonds. The van der Waals surface area contributed by atoms with Gasteiger partial charge in [0.2, 0.25) is 5.40 Å². The highest BCUT2D eigenvalue weighted by molar-refractivity contribution is 7.70. The molecule has 1 heterocycles. The molecule has 1 aromatic rings. The van der Waals surface area contributed by atoms with E-state index in [-0.39, 0.29) is 0 Å². The van der Waals surface area contributed by atoms with Gasteiger partial charge in [-0.2, -0.15) is 0 Å². The molecule has 0 saturated heterocycles. The van der Waals surface area contributed by atoms with Gasteiger partial charge in [-0.3, -0.25) is 9.13 Å². The number of hydrogen-bond donors (Lipinski definition) is 4. The summed E-state index contributed by atoms with van der Waals surface area (Å²) in [6, 6.07) is 3.36. The lowest BCUT2D eigenvalue weighted by Gasteiger charge is -2.16. The molecule has 9 heteroatoms. The van der Waals surface area contributed by atoms with Crippen molar-refractivity contribution in [2.75, 3.05) is 0 Å². The van der Waals surface area contributed by atoms with Gasteiger partial charge in [-0.25, -0.2) is 4.57 Å². The Bertz CT molecular complexity index is 663. The second-order valence-corrected chi connectivity index (χ2v) is 9.57. The number of rotatable bonds is 8. The van der Waals surface area contributed by atoms with Crippen LogP contribution < -0.4 is 4.57 Å². The lowest BCUT2D eigenvalue weighted by Crippen LogP contribution is -2.39. The van der Waals surface area contributed by atoms with Crippen LogP contribution in [0.4, 0.5) is 0 Å². The van der Waals surface area contributed by atoms with E-state index < -0.39 is 27.1 Å². The highest BCUT2D eigenvalue weighted by Crippen LogP contribution is 2.59. The topological polar surface area (TPSA) is 119 Å². The van der Waals surface area contributed by atoms with Gasteiger partial charge in [-0.05, 0) is 12.5 Å².